The number of nitrogens with zero attached hydrogens (tertiary/aromatic N) is 3. The normalized spacial score (nSPS) is 11.1. The Morgan fingerprint density at radius 1 is 1.08 bits per heavy atom. The maximum Gasteiger partial charge on any atom is 0.195 e. The van der Waals surface area contributed by atoms with E-state index >= 15 is 0 Å². The lowest BCUT2D eigenvalue weighted by atomic mass is 10.0. The summed E-state index contributed by atoms with van der Waals surface area (Å²) in [5.41, 5.74) is 3.59. The number of hydrogen-bond donors (Lipinski definition) is 1. The number of H-pyrrole nitrogens is 1. The summed E-state index contributed by atoms with van der Waals surface area (Å²) < 4.78 is 2.59. The topological polar surface area (TPSA) is 46.5 Å². The van der Waals surface area contributed by atoms with Gasteiger partial charge < -0.3 is 4.57 Å². The van der Waals surface area contributed by atoms with Crippen molar-refractivity contribution in [2.24, 2.45) is 0 Å². The van der Waals surface area contributed by atoms with Crippen LogP contribution in [-0.2, 0) is 6.54 Å². The van der Waals surface area contributed by atoms with Gasteiger partial charge in [0.1, 0.15) is 0 Å². The number of nitrogens with one attached hydrogen (secondary N) is 1. The van der Waals surface area contributed by atoms with Crippen molar-refractivity contribution in [3.8, 4) is 22.6 Å². The molecule has 4 aromatic rings. The van der Waals surface area contributed by atoms with Crippen LogP contribution in [0, 0.1) is 4.77 Å². The number of benzene rings is 2. The molecule has 0 aliphatic rings. The van der Waals surface area contributed by atoms with Crippen LogP contribution in [0.5, 0.6) is 0 Å². The van der Waals surface area contributed by atoms with E-state index in [0.29, 0.717) is 9.79 Å². The first kappa shape index (κ1) is 16.0. The van der Waals surface area contributed by atoms with E-state index in [1.807, 2.05) is 66.1 Å². The zero-order valence-electron chi connectivity index (χ0n) is 13.5. The zero-order valence-corrected chi connectivity index (χ0v) is 15.1. The van der Waals surface area contributed by atoms with Gasteiger partial charge in [0.25, 0.3) is 0 Å². The van der Waals surface area contributed by atoms with Gasteiger partial charge in [-0.25, -0.2) is 4.98 Å². The van der Waals surface area contributed by atoms with Crippen LogP contribution in [0.2, 0.25) is 5.02 Å². The third kappa shape index (κ3) is 2.75. The molecule has 0 unspecified atom stereocenters. The second-order valence-corrected chi connectivity index (χ2v) is 6.44. The Hall–Kier alpha value is -2.50. The third-order valence-corrected chi connectivity index (χ3v) is 4.82. The van der Waals surface area contributed by atoms with E-state index in [-0.39, 0.29) is 0 Å². The number of fused-ring (bicyclic) bond motifs is 1. The number of rotatable bonds is 3. The van der Waals surface area contributed by atoms with Gasteiger partial charge >= 0.3 is 0 Å². The predicted octanol–water partition coefficient (Wildman–Crippen LogP) is 5.50. The van der Waals surface area contributed by atoms with Gasteiger partial charge in [-0.15, -0.1) is 0 Å². The fourth-order valence-electron chi connectivity index (χ4n) is 2.98. The lowest BCUT2D eigenvalue weighted by Crippen LogP contribution is -1.99. The van der Waals surface area contributed by atoms with Crippen molar-refractivity contribution in [2.75, 3.05) is 0 Å². The van der Waals surface area contributed by atoms with Crippen LogP contribution in [0.3, 0.4) is 0 Å². The minimum atomic E-state index is 0.609. The van der Waals surface area contributed by atoms with E-state index in [0.717, 1.165) is 40.1 Å². The molecule has 0 fully saturated rings. The molecule has 0 saturated carbocycles. The van der Waals surface area contributed by atoms with Crippen molar-refractivity contribution >= 4 is 34.7 Å². The maximum absolute atomic E-state index is 6.39. The summed E-state index contributed by atoms with van der Waals surface area (Å²) in [6.07, 6.45) is 0. The molecule has 0 saturated heterocycles. The highest BCUT2D eigenvalue weighted by molar-refractivity contribution is 7.71. The number of halogens is 1. The molecule has 0 bridgehead atoms. The molecule has 0 atom stereocenters. The van der Waals surface area contributed by atoms with Gasteiger partial charge in [-0.05, 0) is 37.3 Å². The number of hydrogen-bond acceptors (Lipinski definition) is 3. The van der Waals surface area contributed by atoms with Crippen molar-refractivity contribution in [3.05, 3.63) is 64.4 Å². The molecule has 1 N–H and O–H groups in total. The molecule has 2 aromatic heterocycles. The van der Waals surface area contributed by atoms with E-state index in [4.69, 9.17) is 28.8 Å². The number of para-hydroxylation sites is 1. The van der Waals surface area contributed by atoms with Crippen LogP contribution < -0.4 is 0 Å². The molecule has 4 nitrogen and oxygen atoms in total. The van der Waals surface area contributed by atoms with Gasteiger partial charge in [-0.1, -0.05) is 48.0 Å². The third-order valence-electron chi connectivity index (χ3n) is 4.18. The Labute approximate surface area is 155 Å². The fraction of sp³-hybridized carbons (Fsp3) is 0.105. The van der Waals surface area contributed by atoms with Crippen LogP contribution in [0.25, 0.3) is 33.5 Å². The van der Waals surface area contributed by atoms with Crippen molar-refractivity contribution in [1.29, 1.82) is 0 Å². The van der Waals surface area contributed by atoms with E-state index < -0.39 is 0 Å². The summed E-state index contributed by atoms with van der Waals surface area (Å²) >= 11 is 11.7. The van der Waals surface area contributed by atoms with Gasteiger partial charge in [0, 0.05) is 28.1 Å². The standard InChI is InChI=1S/C19H15ClN4S/c1-2-24-18(22-23-19(24)25)14-11-17(13-8-3-5-9-15(13)20)21-16-10-6-4-7-12(14)16/h3-11H,2H2,1H3,(H,23,25). The molecule has 2 aromatic carbocycles. The summed E-state index contributed by atoms with van der Waals surface area (Å²) in [6, 6.07) is 17.8. The average molecular weight is 367 g/mol. The van der Waals surface area contributed by atoms with Crippen LogP contribution >= 0.6 is 23.8 Å². The van der Waals surface area contributed by atoms with E-state index in [2.05, 4.69) is 10.2 Å². The molecule has 0 radical (unpaired) electrons. The minimum absolute atomic E-state index is 0.609. The van der Waals surface area contributed by atoms with Crippen LogP contribution in [0.4, 0.5) is 0 Å². The van der Waals surface area contributed by atoms with E-state index in [1.165, 1.54) is 0 Å². The lowest BCUT2D eigenvalue weighted by molar-refractivity contribution is 0.756. The first-order chi connectivity index (χ1) is 12.2. The highest BCUT2D eigenvalue weighted by Gasteiger charge is 2.15. The monoisotopic (exact) mass is 366 g/mol. The number of aromatic amines is 1. The maximum atomic E-state index is 6.39. The molecular weight excluding hydrogens is 352 g/mol. The molecule has 4 rings (SSSR count). The Morgan fingerprint density at radius 3 is 2.64 bits per heavy atom. The van der Waals surface area contributed by atoms with Gasteiger partial charge in [-0.2, -0.15) is 5.10 Å². The largest absolute Gasteiger partial charge is 0.300 e. The SMILES string of the molecule is CCn1c(-c2cc(-c3ccccc3Cl)nc3ccccc23)n[nH]c1=S. The second-order valence-electron chi connectivity index (χ2n) is 5.65. The average Bonchev–Trinajstić information content (AvgIpc) is 3.01. The molecular formula is C19H15ClN4S. The van der Waals surface area contributed by atoms with Crippen molar-refractivity contribution in [3.63, 3.8) is 0 Å². The first-order valence-corrected chi connectivity index (χ1v) is 8.78. The van der Waals surface area contributed by atoms with Crippen molar-refractivity contribution < 1.29 is 0 Å². The Balaban J connectivity index is 2.06. The molecule has 0 aliphatic carbocycles. The molecule has 124 valence electrons. The summed E-state index contributed by atoms with van der Waals surface area (Å²) in [5.74, 6) is 0.805. The zero-order chi connectivity index (χ0) is 17.4. The first-order valence-electron chi connectivity index (χ1n) is 7.99. The van der Waals surface area contributed by atoms with Gasteiger partial charge in [0.15, 0.2) is 10.6 Å². The van der Waals surface area contributed by atoms with Crippen LogP contribution in [0.15, 0.2) is 54.6 Å². The number of aromatic nitrogens is 4. The lowest BCUT2D eigenvalue weighted by Gasteiger charge is -2.11. The quantitative estimate of drug-likeness (QED) is 0.487. The molecule has 6 heteroatoms. The van der Waals surface area contributed by atoms with Gasteiger partial charge in [0.05, 0.1) is 11.2 Å². The minimum Gasteiger partial charge on any atom is -0.300 e. The molecule has 0 amide bonds. The highest BCUT2D eigenvalue weighted by Crippen LogP contribution is 2.33. The summed E-state index contributed by atoms with van der Waals surface area (Å²) in [6.45, 7) is 2.79. The Bertz CT molecular complexity index is 1130. The summed E-state index contributed by atoms with van der Waals surface area (Å²) in [5, 5.41) is 9.04. The van der Waals surface area contributed by atoms with E-state index in [9.17, 15) is 0 Å². The smallest absolute Gasteiger partial charge is 0.195 e. The summed E-state index contributed by atoms with van der Waals surface area (Å²) in [4.78, 5) is 4.80. The predicted molar refractivity (Wildman–Crippen MR) is 104 cm³/mol. The fourth-order valence-corrected chi connectivity index (χ4v) is 3.48. The molecule has 0 spiro atoms. The van der Waals surface area contributed by atoms with Gasteiger partial charge in [-0.3, -0.25) is 5.10 Å². The molecule has 2 heterocycles. The Morgan fingerprint density at radius 2 is 1.84 bits per heavy atom. The number of pyridine rings is 1. The van der Waals surface area contributed by atoms with Crippen LogP contribution in [0.1, 0.15) is 6.92 Å². The molecule has 0 aliphatic heterocycles. The van der Waals surface area contributed by atoms with Crippen molar-refractivity contribution in [1.82, 2.24) is 19.7 Å². The van der Waals surface area contributed by atoms with Gasteiger partial charge in [0.2, 0.25) is 0 Å². The van der Waals surface area contributed by atoms with Crippen LogP contribution in [-0.4, -0.2) is 19.7 Å². The van der Waals surface area contributed by atoms with Crippen molar-refractivity contribution in [2.45, 2.75) is 13.5 Å². The Kier molecular flexibility index (Phi) is 4.11. The highest BCUT2D eigenvalue weighted by atomic mass is 35.5. The summed E-state index contributed by atoms with van der Waals surface area (Å²) in [7, 11) is 0. The molecule has 25 heavy (non-hydrogen) atoms. The second kappa shape index (κ2) is 6.43. The van der Waals surface area contributed by atoms with E-state index in [1.54, 1.807) is 0 Å².